The number of nitrogens with zero attached hydrogens (tertiary/aromatic N) is 2. The van der Waals surface area contributed by atoms with Crippen molar-refractivity contribution >= 4 is 11.9 Å². The SMILES string of the molecule is [C]1ON=C2C=NC=C12. The van der Waals surface area contributed by atoms with Gasteiger partial charge in [0.1, 0.15) is 5.71 Å². The summed E-state index contributed by atoms with van der Waals surface area (Å²) in [6.45, 7) is 2.55. The molecule has 0 unspecified atom stereocenters. The lowest BCUT2D eigenvalue weighted by atomic mass is 10.2. The first-order chi connectivity index (χ1) is 3.97. The standard InChI is InChI=1S/C5H2N2O/c1-4-3-8-7-5(4)2-6-1/h1-2H. The molecule has 0 atom stereocenters. The summed E-state index contributed by atoms with van der Waals surface area (Å²) in [4.78, 5) is 8.30. The minimum absolute atomic E-state index is 0.769. The van der Waals surface area contributed by atoms with Gasteiger partial charge in [-0.15, -0.1) is 0 Å². The van der Waals surface area contributed by atoms with Gasteiger partial charge in [0.2, 0.25) is 0 Å². The summed E-state index contributed by atoms with van der Waals surface area (Å²) >= 11 is 0. The highest BCUT2D eigenvalue weighted by Crippen LogP contribution is 2.15. The Bertz CT molecular complexity index is 202. The maximum absolute atomic E-state index is 4.49. The zero-order chi connectivity index (χ0) is 5.40. The van der Waals surface area contributed by atoms with Crippen molar-refractivity contribution in [2.75, 3.05) is 0 Å². The maximum Gasteiger partial charge on any atom is 0.268 e. The molecule has 0 bridgehead atoms. The molecule has 0 fully saturated rings. The van der Waals surface area contributed by atoms with Gasteiger partial charge in [-0.25, -0.2) is 0 Å². The molecular formula is C5H2N2O. The van der Waals surface area contributed by atoms with Crippen molar-refractivity contribution in [3.05, 3.63) is 18.4 Å². The van der Waals surface area contributed by atoms with Crippen LogP contribution in [-0.4, -0.2) is 11.9 Å². The number of fused-ring (bicyclic) bond motifs is 1. The normalized spacial score (nSPS) is 22.0. The second-order valence-electron chi connectivity index (χ2n) is 1.49. The van der Waals surface area contributed by atoms with Crippen molar-refractivity contribution in [2.45, 2.75) is 0 Å². The molecule has 0 saturated heterocycles. The van der Waals surface area contributed by atoms with E-state index in [1.807, 2.05) is 0 Å². The van der Waals surface area contributed by atoms with E-state index in [0.717, 1.165) is 11.3 Å². The van der Waals surface area contributed by atoms with Crippen LogP contribution < -0.4 is 0 Å². The highest BCUT2D eigenvalue weighted by molar-refractivity contribution is 6.40. The van der Waals surface area contributed by atoms with Gasteiger partial charge in [-0.1, -0.05) is 5.16 Å². The van der Waals surface area contributed by atoms with Crippen LogP contribution in [0.4, 0.5) is 0 Å². The second-order valence-corrected chi connectivity index (χ2v) is 1.49. The fraction of sp³-hybridized carbons (Fsp3) is 0. The molecule has 0 aromatic carbocycles. The third kappa shape index (κ3) is 0.332. The molecule has 0 aromatic heterocycles. The molecule has 3 heteroatoms. The van der Waals surface area contributed by atoms with Crippen LogP contribution in [0.15, 0.2) is 21.9 Å². The quantitative estimate of drug-likeness (QED) is 0.439. The molecular weight excluding hydrogens is 104 g/mol. The van der Waals surface area contributed by atoms with Crippen LogP contribution in [0.25, 0.3) is 0 Å². The van der Waals surface area contributed by atoms with Gasteiger partial charge in [0, 0.05) is 6.20 Å². The molecule has 2 aliphatic rings. The third-order valence-corrected chi connectivity index (χ3v) is 0.976. The summed E-state index contributed by atoms with van der Waals surface area (Å²) in [7, 11) is 0. The lowest BCUT2D eigenvalue weighted by Crippen LogP contribution is -1.91. The highest BCUT2D eigenvalue weighted by Gasteiger charge is 2.18. The smallest absolute Gasteiger partial charge is 0.268 e. The van der Waals surface area contributed by atoms with E-state index in [0.29, 0.717) is 0 Å². The Kier molecular flexibility index (Phi) is 0.566. The Morgan fingerprint density at radius 1 is 1.62 bits per heavy atom. The molecule has 8 heavy (non-hydrogen) atoms. The minimum atomic E-state index is 0.769. The van der Waals surface area contributed by atoms with E-state index in [1.54, 1.807) is 12.4 Å². The molecule has 0 saturated carbocycles. The van der Waals surface area contributed by atoms with E-state index < -0.39 is 0 Å². The Hall–Kier alpha value is -1.12. The highest BCUT2D eigenvalue weighted by atomic mass is 16.6. The zero-order valence-electron chi connectivity index (χ0n) is 3.96. The second kappa shape index (κ2) is 1.18. The molecule has 0 aliphatic carbocycles. The number of rotatable bonds is 0. The lowest BCUT2D eigenvalue weighted by molar-refractivity contribution is 0.243. The van der Waals surface area contributed by atoms with Crippen molar-refractivity contribution < 1.29 is 4.84 Å². The van der Waals surface area contributed by atoms with Gasteiger partial charge in [0.15, 0.2) is 0 Å². The molecule has 0 N–H and O–H groups in total. The number of aliphatic imine (C=N–C) groups is 1. The Balaban J connectivity index is 2.49. The predicted octanol–water partition coefficient (Wildman–Crippen LogP) is 0.380. The Morgan fingerprint density at radius 2 is 2.62 bits per heavy atom. The lowest BCUT2D eigenvalue weighted by Gasteiger charge is -1.77. The van der Waals surface area contributed by atoms with Gasteiger partial charge in [0.05, 0.1) is 11.8 Å². The van der Waals surface area contributed by atoms with Crippen molar-refractivity contribution in [2.24, 2.45) is 10.1 Å². The fourth-order valence-corrected chi connectivity index (χ4v) is 0.591. The summed E-state index contributed by atoms with van der Waals surface area (Å²) in [5.41, 5.74) is 1.61. The zero-order valence-corrected chi connectivity index (χ0v) is 3.96. The topological polar surface area (TPSA) is 34.0 Å². The fourth-order valence-electron chi connectivity index (χ4n) is 0.591. The molecule has 2 aliphatic heterocycles. The van der Waals surface area contributed by atoms with Crippen molar-refractivity contribution in [3.8, 4) is 0 Å². The van der Waals surface area contributed by atoms with Gasteiger partial charge in [-0.2, -0.15) is 0 Å². The van der Waals surface area contributed by atoms with E-state index in [4.69, 9.17) is 0 Å². The van der Waals surface area contributed by atoms with Crippen LogP contribution >= 0.6 is 0 Å². The van der Waals surface area contributed by atoms with E-state index >= 15 is 0 Å². The summed E-state index contributed by atoms with van der Waals surface area (Å²) in [6.07, 6.45) is 3.29. The summed E-state index contributed by atoms with van der Waals surface area (Å²) in [5, 5.41) is 3.59. The number of oxime groups is 1. The molecule has 3 nitrogen and oxygen atoms in total. The molecule has 0 aromatic rings. The van der Waals surface area contributed by atoms with E-state index in [9.17, 15) is 0 Å². The Morgan fingerprint density at radius 3 is 3.50 bits per heavy atom. The summed E-state index contributed by atoms with van der Waals surface area (Å²) in [5.74, 6) is 0. The van der Waals surface area contributed by atoms with Gasteiger partial charge in [-0.05, 0) is 0 Å². The number of hydrogen-bond acceptors (Lipinski definition) is 3. The van der Waals surface area contributed by atoms with Crippen LogP contribution in [0.5, 0.6) is 0 Å². The van der Waals surface area contributed by atoms with Crippen LogP contribution in [0, 0.1) is 6.61 Å². The van der Waals surface area contributed by atoms with E-state index in [-0.39, 0.29) is 0 Å². The summed E-state index contributed by atoms with van der Waals surface area (Å²) in [6, 6.07) is 0. The Labute approximate surface area is 46.4 Å². The minimum Gasteiger partial charge on any atom is -0.373 e. The van der Waals surface area contributed by atoms with Crippen LogP contribution in [0.1, 0.15) is 0 Å². The summed E-state index contributed by atoms with van der Waals surface area (Å²) < 4.78 is 0. The molecule has 2 heterocycles. The molecule has 0 spiro atoms. The first-order valence-corrected chi connectivity index (χ1v) is 2.20. The van der Waals surface area contributed by atoms with E-state index in [1.165, 1.54) is 0 Å². The van der Waals surface area contributed by atoms with Gasteiger partial charge in [0.25, 0.3) is 6.61 Å². The van der Waals surface area contributed by atoms with Crippen LogP contribution in [-0.2, 0) is 4.84 Å². The van der Waals surface area contributed by atoms with E-state index in [2.05, 4.69) is 21.6 Å². The largest absolute Gasteiger partial charge is 0.373 e. The average Bonchev–Trinajstić information content (AvgIpc) is 2.15. The molecule has 38 valence electrons. The van der Waals surface area contributed by atoms with Crippen molar-refractivity contribution in [1.82, 2.24) is 0 Å². The first-order valence-electron chi connectivity index (χ1n) is 2.20. The van der Waals surface area contributed by atoms with Gasteiger partial charge in [-0.3, -0.25) is 4.99 Å². The monoisotopic (exact) mass is 106 g/mol. The third-order valence-electron chi connectivity index (χ3n) is 0.976. The van der Waals surface area contributed by atoms with Crippen molar-refractivity contribution in [3.63, 3.8) is 0 Å². The first kappa shape index (κ1) is 3.83. The van der Waals surface area contributed by atoms with Gasteiger partial charge >= 0.3 is 0 Å². The van der Waals surface area contributed by atoms with Crippen LogP contribution in [0.2, 0.25) is 0 Å². The molecule has 2 radical (unpaired) electrons. The predicted molar refractivity (Wildman–Crippen MR) is 28.3 cm³/mol. The average molecular weight is 106 g/mol. The van der Waals surface area contributed by atoms with Gasteiger partial charge < -0.3 is 4.84 Å². The molecule has 0 amide bonds. The van der Waals surface area contributed by atoms with Crippen LogP contribution in [0.3, 0.4) is 0 Å². The number of hydrogen-bond donors (Lipinski definition) is 0. The van der Waals surface area contributed by atoms with Crippen molar-refractivity contribution in [1.29, 1.82) is 0 Å². The maximum atomic E-state index is 4.49. The molecule has 2 rings (SSSR count).